The minimum atomic E-state index is -3.53. The fraction of sp³-hybridized carbons (Fsp3) is 0.231. The Balaban J connectivity index is 2.04. The summed E-state index contributed by atoms with van der Waals surface area (Å²) in [6, 6.07) is 5.33. The summed E-state index contributed by atoms with van der Waals surface area (Å²) in [5.41, 5.74) is 0.682. The van der Waals surface area contributed by atoms with Crippen molar-refractivity contribution in [3.05, 3.63) is 41.8 Å². The molecule has 0 unspecified atom stereocenters. The first kappa shape index (κ1) is 15.6. The molecule has 0 aliphatic rings. The van der Waals surface area contributed by atoms with Crippen molar-refractivity contribution in [2.45, 2.75) is 17.0 Å². The topological polar surface area (TPSA) is 97.5 Å². The summed E-state index contributed by atoms with van der Waals surface area (Å²) in [5.74, 6) is -1.00. The van der Waals surface area contributed by atoms with Crippen LogP contribution in [0.3, 0.4) is 0 Å². The van der Waals surface area contributed by atoms with Crippen molar-refractivity contribution >= 4 is 27.6 Å². The highest BCUT2D eigenvalue weighted by molar-refractivity contribution is 8.00. The molecule has 1 heterocycles. The summed E-state index contributed by atoms with van der Waals surface area (Å²) >= 11 is 1.20. The molecular formula is C13H13NO5S2. The molecule has 1 N–H and O–H groups in total. The van der Waals surface area contributed by atoms with E-state index in [1.807, 2.05) is 0 Å². The first-order chi connectivity index (χ1) is 9.88. The molecule has 2 aromatic rings. The molecule has 0 aliphatic carbocycles. The molecule has 112 valence electrons. The molecule has 0 radical (unpaired) electrons. The maximum Gasteiger partial charge on any atom is 0.335 e. The van der Waals surface area contributed by atoms with E-state index >= 15 is 0 Å². The molecule has 1 aromatic carbocycles. The third-order valence-electron chi connectivity index (χ3n) is 2.62. The minimum Gasteiger partial charge on any atom is -0.478 e. The standard InChI is InChI=1S/C13H13NO5S2/c1-9-8-19-13(14-9)20-5-6-21(17,18)11-4-2-3-10(7-11)12(15)16/h2-4,7-8H,5-6H2,1H3,(H,15,16). The number of sulfone groups is 1. The Kier molecular flexibility index (Phi) is 4.69. The van der Waals surface area contributed by atoms with Gasteiger partial charge in [-0.1, -0.05) is 17.8 Å². The summed E-state index contributed by atoms with van der Waals surface area (Å²) in [4.78, 5) is 14.9. The van der Waals surface area contributed by atoms with Gasteiger partial charge in [0.15, 0.2) is 9.84 Å². The molecule has 0 saturated carbocycles. The van der Waals surface area contributed by atoms with Gasteiger partial charge in [0.25, 0.3) is 5.22 Å². The van der Waals surface area contributed by atoms with Crippen molar-refractivity contribution in [1.82, 2.24) is 4.98 Å². The number of hydrogen-bond donors (Lipinski definition) is 1. The third-order valence-corrected chi connectivity index (χ3v) is 5.43. The monoisotopic (exact) mass is 327 g/mol. The molecule has 0 aliphatic heterocycles. The molecule has 0 saturated heterocycles. The molecule has 0 spiro atoms. The van der Waals surface area contributed by atoms with Crippen LogP contribution < -0.4 is 0 Å². The van der Waals surface area contributed by atoms with Crippen LogP contribution in [0.1, 0.15) is 16.1 Å². The van der Waals surface area contributed by atoms with Gasteiger partial charge in [-0.25, -0.2) is 18.2 Å². The van der Waals surface area contributed by atoms with E-state index in [1.54, 1.807) is 6.92 Å². The van der Waals surface area contributed by atoms with Crippen LogP contribution >= 0.6 is 11.8 Å². The van der Waals surface area contributed by atoms with Crippen LogP contribution in [-0.4, -0.2) is 36.0 Å². The van der Waals surface area contributed by atoms with E-state index in [9.17, 15) is 13.2 Å². The predicted molar refractivity (Wildman–Crippen MR) is 77.4 cm³/mol. The van der Waals surface area contributed by atoms with Crippen LogP contribution in [0.5, 0.6) is 0 Å². The number of thioether (sulfide) groups is 1. The van der Waals surface area contributed by atoms with Gasteiger partial charge in [0, 0.05) is 5.75 Å². The van der Waals surface area contributed by atoms with Crippen LogP contribution in [-0.2, 0) is 9.84 Å². The second-order valence-electron chi connectivity index (χ2n) is 4.26. The van der Waals surface area contributed by atoms with Crippen molar-refractivity contribution in [1.29, 1.82) is 0 Å². The number of rotatable bonds is 6. The second kappa shape index (κ2) is 6.31. The van der Waals surface area contributed by atoms with Gasteiger partial charge in [-0.3, -0.25) is 0 Å². The van der Waals surface area contributed by atoms with Gasteiger partial charge in [0.1, 0.15) is 6.26 Å². The smallest absolute Gasteiger partial charge is 0.335 e. The summed E-state index contributed by atoms with van der Waals surface area (Å²) in [7, 11) is -3.53. The predicted octanol–water partition coefficient (Wildman–Crippen LogP) is 2.25. The van der Waals surface area contributed by atoms with E-state index < -0.39 is 15.8 Å². The molecule has 8 heteroatoms. The van der Waals surface area contributed by atoms with Crippen molar-refractivity contribution in [2.24, 2.45) is 0 Å². The lowest BCUT2D eigenvalue weighted by Gasteiger charge is -2.04. The average Bonchev–Trinajstić information content (AvgIpc) is 2.84. The van der Waals surface area contributed by atoms with E-state index in [-0.39, 0.29) is 22.0 Å². The first-order valence-electron chi connectivity index (χ1n) is 5.99. The zero-order valence-electron chi connectivity index (χ0n) is 11.1. The molecule has 6 nitrogen and oxygen atoms in total. The number of carboxylic acid groups (broad SMARTS) is 1. The van der Waals surface area contributed by atoms with Crippen molar-refractivity contribution in [3.8, 4) is 0 Å². The lowest BCUT2D eigenvalue weighted by Crippen LogP contribution is -2.10. The number of hydrogen-bond acceptors (Lipinski definition) is 6. The number of carbonyl (C=O) groups is 1. The molecule has 21 heavy (non-hydrogen) atoms. The number of oxazole rings is 1. The lowest BCUT2D eigenvalue weighted by atomic mass is 10.2. The number of carboxylic acids is 1. The minimum absolute atomic E-state index is 0.00610. The van der Waals surface area contributed by atoms with E-state index in [1.165, 1.54) is 36.2 Å². The zero-order valence-corrected chi connectivity index (χ0v) is 12.8. The maximum absolute atomic E-state index is 12.1. The molecule has 1 aromatic heterocycles. The van der Waals surface area contributed by atoms with Crippen LogP contribution in [0.25, 0.3) is 0 Å². The average molecular weight is 327 g/mol. The van der Waals surface area contributed by atoms with Gasteiger partial charge in [-0.15, -0.1) is 0 Å². The number of aromatic carboxylic acids is 1. The van der Waals surface area contributed by atoms with E-state index in [0.717, 1.165) is 11.8 Å². The summed E-state index contributed by atoms with van der Waals surface area (Å²) in [5, 5.41) is 9.30. The number of nitrogens with zero attached hydrogens (tertiary/aromatic N) is 1. The van der Waals surface area contributed by atoms with E-state index in [2.05, 4.69) is 4.98 Å². The summed E-state index contributed by atoms with van der Waals surface area (Å²) in [6.45, 7) is 1.78. The van der Waals surface area contributed by atoms with Crippen LogP contribution in [0.15, 0.2) is 45.1 Å². The van der Waals surface area contributed by atoms with Gasteiger partial charge in [0.2, 0.25) is 0 Å². The summed E-state index contributed by atoms with van der Waals surface area (Å²) in [6.07, 6.45) is 1.49. The quantitative estimate of drug-likeness (QED) is 0.812. The molecule has 0 fully saturated rings. The second-order valence-corrected chi connectivity index (χ2v) is 7.41. The van der Waals surface area contributed by atoms with Gasteiger partial charge < -0.3 is 9.52 Å². The normalized spacial score (nSPS) is 11.5. The van der Waals surface area contributed by atoms with Gasteiger partial charge in [0.05, 0.1) is 21.9 Å². The zero-order chi connectivity index (χ0) is 15.5. The van der Waals surface area contributed by atoms with Crippen LogP contribution in [0, 0.1) is 6.92 Å². The Morgan fingerprint density at radius 1 is 1.43 bits per heavy atom. The Morgan fingerprint density at radius 2 is 2.19 bits per heavy atom. The van der Waals surface area contributed by atoms with Crippen molar-refractivity contribution in [3.63, 3.8) is 0 Å². The van der Waals surface area contributed by atoms with E-state index in [4.69, 9.17) is 9.52 Å². The Labute approximate surface area is 126 Å². The number of benzene rings is 1. The molecule has 0 amide bonds. The largest absolute Gasteiger partial charge is 0.478 e. The van der Waals surface area contributed by atoms with E-state index in [0.29, 0.717) is 5.22 Å². The Morgan fingerprint density at radius 3 is 2.81 bits per heavy atom. The van der Waals surface area contributed by atoms with Crippen LogP contribution in [0.4, 0.5) is 0 Å². The molecule has 0 atom stereocenters. The van der Waals surface area contributed by atoms with Gasteiger partial charge in [-0.2, -0.15) is 0 Å². The fourth-order valence-electron chi connectivity index (χ4n) is 1.58. The molecular weight excluding hydrogens is 314 g/mol. The first-order valence-corrected chi connectivity index (χ1v) is 8.63. The number of aromatic nitrogens is 1. The Bertz CT molecular complexity index is 751. The molecule has 2 rings (SSSR count). The number of aryl methyl sites for hydroxylation is 1. The SMILES string of the molecule is Cc1coc(SCCS(=O)(=O)c2cccc(C(=O)O)c2)n1. The van der Waals surface area contributed by atoms with Crippen LogP contribution in [0.2, 0.25) is 0 Å². The Hall–Kier alpha value is -1.80. The van der Waals surface area contributed by atoms with Crippen molar-refractivity contribution < 1.29 is 22.7 Å². The highest BCUT2D eigenvalue weighted by Gasteiger charge is 2.17. The summed E-state index contributed by atoms with van der Waals surface area (Å²) < 4.78 is 29.4. The van der Waals surface area contributed by atoms with Gasteiger partial charge >= 0.3 is 5.97 Å². The highest BCUT2D eigenvalue weighted by atomic mass is 32.2. The van der Waals surface area contributed by atoms with Gasteiger partial charge in [-0.05, 0) is 25.1 Å². The lowest BCUT2D eigenvalue weighted by molar-refractivity contribution is 0.0696. The maximum atomic E-state index is 12.1. The fourth-order valence-corrected chi connectivity index (χ4v) is 4.12. The molecule has 0 bridgehead atoms. The van der Waals surface area contributed by atoms with Crippen molar-refractivity contribution in [2.75, 3.05) is 11.5 Å². The highest BCUT2D eigenvalue weighted by Crippen LogP contribution is 2.19. The third kappa shape index (κ3) is 4.08.